The van der Waals surface area contributed by atoms with Gasteiger partial charge in [-0.1, -0.05) is 0 Å². The minimum atomic E-state index is -0.732. The fourth-order valence-electron chi connectivity index (χ4n) is 1.73. The van der Waals surface area contributed by atoms with Gasteiger partial charge in [-0.2, -0.15) is 5.26 Å². The first-order chi connectivity index (χ1) is 10.9. The Labute approximate surface area is 129 Å². The second kappa shape index (κ2) is 6.48. The van der Waals surface area contributed by atoms with Crippen LogP contribution < -0.4 is 5.32 Å². The molecule has 0 fully saturated rings. The molecule has 1 aromatic carbocycles. The fourth-order valence-corrected chi connectivity index (χ4v) is 1.73. The summed E-state index contributed by atoms with van der Waals surface area (Å²) in [6.45, 7) is 0. The lowest BCUT2D eigenvalue weighted by molar-refractivity contribution is -0.391. The van der Waals surface area contributed by atoms with Gasteiger partial charge in [0.25, 0.3) is 5.91 Å². The Balaban J connectivity index is 2.25. The molecule has 9 heteroatoms. The standard InChI is InChI=1S/C14H10FN5O3/c1-19-12(17-8-13(19)20(22)23)6-9(7-16)14(21)18-11-4-2-10(15)3-5-11/h2-6,8H,1H3,(H,18,21)/b9-6+. The first-order valence-corrected chi connectivity index (χ1v) is 6.27. The maximum absolute atomic E-state index is 12.8. The van der Waals surface area contributed by atoms with Crippen LogP contribution in [0.4, 0.5) is 15.9 Å². The van der Waals surface area contributed by atoms with Gasteiger partial charge in [0.15, 0.2) is 0 Å². The molecule has 1 aromatic heterocycles. The highest BCUT2D eigenvalue weighted by Gasteiger charge is 2.17. The monoisotopic (exact) mass is 315 g/mol. The van der Waals surface area contributed by atoms with Crippen molar-refractivity contribution >= 4 is 23.5 Å². The van der Waals surface area contributed by atoms with Crippen molar-refractivity contribution in [3.05, 3.63) is 57.8 Å². The lowest BCUT2D eigenvalue weighted by Gasteiger charge is -2.03. The molecular formula is C14H10FN5O3. The summed E-state index contributed by atoms with van der Waals surface area (Å²) in [6, 6.07) is 6.70. The fraction of sp³-hybridized carbons (Fsp3) is 0.0714. The zero-order chi connectivity index (χ0) is 17.0. The molecule has 0 aliphatic rings. The number of rotatable bonds is 4. The topological polar surface area (TPSA) is 114 Å². The molecule has 0 bridgehead atoms. The van der Waals surface area contributed by atoms with Gasteiger partial charge < -0.3 is 15.4 Å². The molecule has 1 heterocycles. The Bertz CT molecular complexity index is 833. The minimum absolute atomic E-state index is 0.0857. The van der Waals surface area contributed by atoms with Crippen molar-refractivity contribution in [1.29, 1.82) is 5.26 Å². The van der Waals surface area contributed by atoms with E-state index in [0.29, 0.717) is 5.69 Å². The van der Waals surface area contributed by atoms with Crippen LogP contribution in [-0.2, 0) is 11.8 Å². The van der Waals surface area contributed by atoms with E-state index in [9.17, 15) is 19.3 Å². The van der Waals surface area contributed by atoms with Crippen LogP contribution in [0.3, 0.4) is 0 Å². The first-order valence-electron chi connectivity index (χ1n) is 6.27. The largest absolute Gasteiger partial charge is 0.358 e. The molecule has 1 N–H and O–H groups in total. The van der Waals surface area contributed by atoms with Crippen molar-refractivity contribution in [1.82, 2.24) is 9.55 Å². The molecule has 116 valence electrons. The predicted octanol–water partition coefficient (Wildman–Crippen LogP) is 2.01. The number of hydrogen-bond acceptors (Lipinski definition) is 5. The maximum atomic E-state index is 12.8. The predicted molar refractivity (Wildman–Crippen MR) is 78.5 cm³/mol. The Kier molecular flexibility index (Phi) is 4.47. The number of carbonyl (C=O) groups is 1. The second-order valence-electron chi connectivity index (χ2n) is 4.42. The third-order valence-corrected chi connectivity index (χ3v) is 2.93. The number of nitrogens with one attached hydrogen (secondary N) is 1. The summed E-state index contributed by atoms with van der Waals surface area (Å²) in [4.78, 5) is 25.9. The number of carbonyl (C=O) groups excluding carboxylic acids is 1. The molecule has 0 saturated heterocycles. The van der Waals surface area contributed by atoms with Crippen LogP contribution in [0.1, 0.15) is 5.82 Å². The zero-order valence-corrected chi connectivity index (χ0v) is 11.9. The van der Waals surface area contributed by atoms with Gasteiger partial charge in [0.1, 0.15) is 23.7 Å². The van der Waals surface area contributed by atoms with Crippen LogP contribution in [0.5, 0.6) is 0 Å². The first kappa shape index (κ1) is 15.8. The van der Waals surface area contributed by atoms with Gasteiger partial charge in [-0.3, -0.25) is 4.79 Å². The van der Waals surface area contributed by atoms with E-state index < -0.39 is 16.6 Å². The summed E-state index contributed by atoms with van der Waals surface area (Å²) in [5.41, 5.74) is 0.0151. The van der Waals surface area contributed by atoms with Gasteiger partial charge in [-0.05, 0) is 29.2 Å². The van der Waals surface area contributed by atoms with Gasteiger partial charge in [0, 0.05) is 11.8 Å². The number of nitriles is 1. The Morgan fingerprint density at radius 1 is 1.48 bits per heavy atom. The molecule has 1 amide bonds. The Morgan fingerprint density at radius 3 is 2.65 bits per heavy atom. The number of benzene rings is 1. The SMILES string of the molecule is Cn1c([N+](=O)[O-])cnc1/C=C(\C#N)C(=O)Nc1ccc(F)cc1. The summed E-state index contributed by atoms with van der Waals surface area (Å²) in [6.07, 6.45) is 2.16. The van der Waals surface area contributed by atoms with Crippen LogP contribution in [0.2, 0.25) is 0 Å². The van der Waals surface area contributed by atoms with E-state index in [1.807, 2.05) is 0 Å². The molecule has 8 nitrogen and oxygen atoms in total. The molecule has 0 unspecified atom stereocenters. The lowest BCUT2D eigenvalue weighted by Crippen LogP contribution is -2.13. The highest BCUT2D eigenvalue weighted by Crippen LogP contribution is 2.15. The second-order valence-corrected chi connectivity index (χ2v) is 4.42. The summed E-state index contributed by atoms with van der Waals surface area (Å²) in [5.74, 6) is -1.38. The van der Waals surface area contributed by atoms with Gasteiger partial charge in [-0.15, -0.1) is 0 Å². The average molecular weight is 315 g/mol. The number of hydrogen-bond donors (Lipinski definition) is 1. The van der Waals surface area contributed by atoms with Crippen LogP contribution in [-0.4, -0.2) is 20.4 Å². The highest BCUT2D eigenvalue weighted by molar-refractivity contribution is 6.09. The van der Waals surface area contributed by atoms with E-state index in [0.717, 1.165) is 29.0 Å². The summed E-state index contributed by atoms with van der Waals surface area (Å²) < 4.78 is 13.9. The number of anilines is 1. The lowest BCUT2D eigenvalue weighted by atomic mass is 10.2. The van der Waals surface area contributed by atoms with Crippen LogP contribution >= 0.6 is 0 Å². The number of amides is 1. The highest BCUT2D eigenvalue weighted by atomic mass is 19.1. The summed E-state index contributed by atoms with van der Waals surface area (Å²) >= 11 is 0. The molecule has 0 saturated carbocycles. The van der Waals surface area contributed by atoms with Crippen LogP contribution in [0.25, 0.3) is 6.08 Å². The third kappa shape index (κ3) is 3.56. The molecule has 2 aromatic rings. The van der Waals surface area contributed by atoms with Gasteiger partial charge in [0.05, 0.1) is 7.05 Å². The zero-order valence-electron chi connectivity index (χ0n) is 11.9. The number of halogens is 1. The molecule has 0 atom stereocenters. The number of imidazole rings is 1. The van der Waals surface area contributed by atoms with Gasteiger partial charge in [0.2, 0.25) is 5.82 Å². The van der Waals surface area contributed by atoms with E-state index in [1.165, 1.54) is 19.2 Å². The van der Waals surface area contributed by atoms with Gasteiger partial charge >= 0.3 is 5.82 Å². The smallest absolute Gasteiger partial charge is 0.342 e. The maximum Gasteiger partial charge on any atom is 0.342 e. The van der Waals surface area contributed by atoms with E-state index in [4.69, 9.17) is 5.26 Å². The summed E-state index contributed by atoms with van der Waals surface area (Å²) in [5, 5.41) is 22.2. The van der Waals surface area contributed by atoms with E-state index >= 15 is 0 Å². The molecular weight excluding hydrogens is 305 g/mol. The quantitative estimate of drug-likeness (QED) is 0.401. The Morgan fingerprint density at radius 2 is 2.13 bits per heavy atom. The molecule has 2 rings (SSSR count). The van der Waals surface area contributed by atoms with E-state index in [1.54, 1.807) is 6.07 Å². The number of nitro groups is 1. The third-order valence-electron chi connectivity index (χ3n) is 2.93. The molecule has 0 aliphatic carbocycles. The van der Waals surface area contributed by atoms with Crippen molar-refractivity contribution < 1.29 is 14.1 Å². The van der Waals surface area contributed by atoms with Crippen LogP contribution in [0, 0.1) is 27.3 Å². The van der Waals surface area contributed by atoms with Crippen molar-refractivity contribution in [3.63, 3.8) is 0 Å². The molecule has 23 heavy (non-hydrogen) atoms. The minimum Gasteiger partial charge on any atom is -0.358 e. The van der Waals surface area contributed by atoms with Crippen LogP contribution in [0.15, 0.2) is 36.0 Å². The Hall–Kier alpha value is -3.54. The summed E-state index contributed by atoms with van der Waals surface area (Å²) in [7, 11) is 1.39. The number of aromatic nitrogens is 2. The molecule has 0 spiro atoms. The number of nitrogens with zero attached hydrogens (tertiary/aromatic N) is 4. The molecule has 0 aliphatic heterocycles. The van der Waals surface area contributed by atoms with E-state index in [2.05, 4.69) is 10.3 Å². The van der Waals surface area contributed by atoms with Crippen molar-refractivity contribution in [2.75, 3.05) is 5.32 Å². The van der Waals surface area contributed by atoms with Crippen molar-refractivity contribution in [2.24, 2.45) is 7.05 Å². The van der Waals surface area contributed by atoms with Crippen molar-refractivity contribution in [3.8, 4) is 6.07 Å². The normalized spacial score (nSPS) is 10.9. The van der Waals surface area contributed by atoms with Crippen molar-refractivity contribution in [2.45, 2.75) is 0 Å². The van der Waals surface area contributed by atoms with E-state index in [-0.39, 0.29) is 17.2 Å². The average Bonchev–Trinajstić information content (AvgIpc) is 2.88. The molecule has 0 radical (unpaired) electrons. The van der Waals surface area contributed by atoms with Gasteiger partial charge in [-0.25, -0.2) is 13.9 Å².